The fourth-order valence-electron chi connectivity index (χ4n) is 1.96. The molecular formula is C13H15BrO2. The van der Waals surface area contributed by atoms with Gasteiger partial charge in [0.15, 0.2) is 0 Å². The number of hydrogen-bond acceptors (Lipinski definition) is 2. The van der Waals surface area contributed by atoms with E-state index in [1.165, 1.54) is 6.42 Å². The molecule has 0 heterocycles. The van der Waals surface area contributed by atoms with Gasteiger partial charge in [-0.15, -0.1) is 0 Å². The van der Waals surface area contributed by atoms with Crippen molar-refractivity contribution in [3.63, 3.8) is 0 Å². The lowest BCUT2D eigenvalue weighted by atomic mass is 9.97. The van der Waals surface area contributed by atoms with E-state index in [2.05, 4.69) is 15.9 Å². The minimum atomic E-state index is -0.211. The van der Waals surface area contributed by atoms with Gasteiger partial charge in [0.2, 0.25) is 0 Å². The maximum absolute atomic E-state index is 11.8. The molecule has 1 aliphatic carbocycles. The summed E-state index contributed by atoms with van der Waals surface area (Å²) in [4.78, 5) is 12.1. The molecule has 2 nitrogen and oxygen atoms in total. The highest BCUT2D eigenvalue weighted by molar-refractivity contribution is 9.09. The van der Waals surface area contributed by atoms with Gasteiger partial charge in [0.25, 0.3) is 0 Å². The van der Waals surface area contributed by atoms with E-state index in [1.807, 2.05) is 18.2 Å². The molecule has 1 aromatic rings. The van der Waals surface area contributed by atoms with Crippen LogP contribution in [0, 0.1) is 0 Å². The highest BCUT2D eigenvalue weighted by atomic mass is 79.9. The second-order valence-corrected chi connectivity index (χ2v) is 5.29. The topological polar surface area (TPSA) is 26.3 Å². The Bertz CT molecular complexity index is 350. The molecule has 0 N–H and O–H groups in total. The van der Waals surface area contributed by atoms with Crippen LogP contribution in [0.3, 0.4) is 0 Å². The third kappa shape index (κ3) is 2.85. The molecule has 3 heteroatoms. The van der Waals surface area contributed by atoms with Crippen LogP contribution in [0.4, 0.5) is 0 Å². The van der Waals surface area contributed by atoms with Crippen LogP contribution < -0.4 is 0 Å². The number of alkyl halides is 1. The summed E-state index contributed by atoms with van der Waals surface area (Å²) >= 11 is 3.58. The smallest absolute Gasteiger partial charge is 0.338 e. The lowest BCUT2D eigenvalue weighted by Gasteiger charge is -2.27. The molecule has 2 rings (SSSR count). The van der Waals surface area contributed by atoms with Gasteiger partial charge in [0.05, 0.1) is 10.4 Å². The molecule has 1 fully saturated rings. The van der Waals surface area contributed by atoms with Crippen LogP contribution >= 0.6 is 15.9 Å². The average molecular weight is 283 g/mol. The molecule has 0 spiro atoms. The molecule has 0 aromatic heterocycles. The van der Waals surface area contributed by atoms with Gasteiger partial charge >= 0.3 is 5.97 Å². The summed E-state index contributed by atoms with van der Waals surface area (Å²) in [6, 6.07) is 9.17. The Labute approximate surface area is 104 Å². The van der Waals surface area contributed by atoms with Crippen LogP contribution in [0.5, 0.6) is 0 Å². The molecule has 1 saturated carbocycles. The Morgan fingerprint density at radius 2 is 1.88 bits per heavy atom. The predicted molar refractivity (Wildman–Crippen MR) is 66.8 cm³/mol. The minimum absolute atomic E-state index is 0.0291. The second kappa shape index (κ2) is 5.48. The fraction of sp³-hybridized carbons (Fsp3) is 0.462. The number of benzene rings is 1. The number of hydrogen-bond donors (Lipinski definition) is 0. The first-order chi connectivity index (χ1) is 7.77. The Morgan fingerprint density at radius 1 is 1.19 bits per heavy atom. The lowest BCUT2D eigenvalue weighted by Crippen LogP contribution is -2.30. The monoisotopic (exact) mass is 282 g/mol. The highest BCUT2D eigenvalue weighted by Gasteiger charge is 2.26. The quantitative estimate of drug-likeness (QED) is 0.613. The number of rotatable bonds is 2. The Hall–Kier alpha value is -0.830. The molecular weight excluding hydrogens is 268 g/mol. The first-order valence-electron chi connectivity index (χ1n) is 5.67. The summed E-state index contributed by atoms with van der Waals surface area (Å²) in [6.07, 6.45) is 4.45. The zero-order valence-electron chi connectivity index (χ0n) is 9.06. The standard InChI is InChI=1S/C13H15BrO2/c14-11-8-4-5-9-12(11)16-13(15)10-6-2-1-3-7-10/h1-3,6-7,11-12H,4-5,8-9H2/t11-,12-/m1/s1. The molecule has 1 aliphatic rings. The van der Waals surface area contributed by atoms with Crippen molar-refractivity contribution < 1.29 is 9.53 Å². The van der Waals surface area contributed by atoms with E-state index in [1.54, 1.807) is 12.1 Å². The number of halogens is 1. The number of ether oxygens (including phenoxy) is 1. The van der Waals surface area contributed by atoms with Crippen LogP contribution in [0.2, 0.25) is 0 Å². The van der Waals surface area contributed by atoms with E-state index in [4.69, 9.17) is 4.74 Å². The summed E-state index contributed by atoms with van der Waals surface area (Å²) < 4.78 is 5.50. The molecule has 86 valence electrons. The zero-order valence-corrected chi connectivity index (χ0v) is 10.7. The average Bonchev–Trinajstić information content (AvgIpc) is 2.33. The lowest BCUT2D eigenvalue weighted by molar-refractivity contribution is 0.0235. The molecule has 0 unspecified atom stereocenters. The highest BCUT2D eigenvalue weighted by Crippen LogP contribution is 2.27. The van der Waals surface area contributed by atoms with Gasteiger partial charge in [-0.1, -0.05) is 40.5 Å². The van der Waals surface area contributed by atoms with Crippen LogP contribution in [-0.2, 0) is 4.74 Å². The summed E-state index contributed by atoms with van der Waals surface area (Å²) in [6.45, 7) is 0. The van der Waals surface area contributed by atoms with E-state index in [-0.39, 0.29) is 12.1 Å². The van der Waals surface area contributed by atoms with Crippen molar-refractivity contribution in [1.29, 1.82) is 0 Å². The summed E-state index contributed by atoms with van der Waals surface area (Å²) in [5.41, 5.74) is 0.632. The van der Waals surface area contributed by atoms with Gasteiger partial charge < -0.3 is 4.74 Å². The van der Waals surface area contributed by atoms with E-state index in [9.17, 15) is 4.79 Å². The maximum atomic E-state index is 11.8. The normalized spacial score (nSPS) is 25.1. The van der Waals surface area contributed by atoms with Crippen molar-refractivity contribution in [3.05, 3.63) is 35.9 Å². The Kier molecular flexibility index (Phi) is 3.99. The van der Waals surface area contributed by atoms with Gasteiger partial charge in [-0.2, -0.15) is 0 Å². The summed E-state index contributed by atoms with van der Waals surface area (Å²) in [7, 11) is 0. The second-order valence-electron chi connectivity index (χ2n) is 4.11. The van der Waals surface area contributed by atoms with Gasteiger partial charge in [-0.25, -0.2) is 4.79 Å². The Morgan fingerprint density at radius 3 is 2.56 bits per heavy atom. The third-order valence-electron chi connectivity index (χ3n) is 2.89. The number of esters is 1. The summed E-state index contributed by atoms with van der Waals surface area (Å²) in [5, 5.41) is 0. The summed E-state index contributed by atoms with van der Waals surface area (Å²) in [5.74, 6) is -0.211. The van der Waals surface area contributed by atoms with Crippen LogP contribution in [0.25, 0.3) is 0 Å². The fourth-order valence-corrected chi connectivity index (χ4v) is 2.66. The van der Waals surface area contributed by atoms with Crippen molar-refractivity contribution in [3.8, 4) is 0 Å². The predicted octanol–water partition coefficient (Wildman–Crippen LogP) is 3.55. The largest absolute Gasteiger partial charge is 0.458 e. The first kappa shape index (κ1) is 11.6. The zero-order chi connectivity index (χ0) is 11.4. The van der Waals surface area contributed by atoms with Crippen LogP contribution in [-0.4, -0.2) is 16.9 Å². The van der Waals surface area contributed by atoms with E-state index >= 15 is 0 Å². The molecule has 2 atom stereocenters. The van der Waals surface area contributed by atoms with Gasteiger partial charge in [0, 0.05) is 0 Å². The SMILES string of the molecule is O=C(O[C@@H]1CCCC[C@H]1Br)c1ccccc1. The van der Waals surface area contributed by atoms with Crippen molar-refractivity contribution in [1.82, 2.24) is 0 Å². The first-order valence-corrected chi connectivity index (χ1v) is 6.59. The number of carbonyl (C=O) groups is 1. The van der Waals surface area contributed by atoms with Gasteiger partial charge in [0.1, 0.15) is 6.10 Å². The van der Waals surface area contributed by atoms with Crippen molar-refractivity contribution >= 4 is 21.9 Å². The Balaban J connectivity index is 1.96. The van der Waals surface area contributed by atoms with Gasteiger partial charge in [-0.05, 0) is 31.4 Å². The third-order valence-corrected chi connectivity index (χ3v) is 3.94. The molecule has 16 heavy (non-hydrogen) atoms. The molecule has 1 aromatic carbocycles. The molecule has 0 bridgehead atoms. The van der Waals surface area contributed by atoms with E-state index in [0.717, 1.165) is 19.3 Å². The van der Waals surface area contributed by atoms with Crippen LogP contribution in [0.15, 0.2) is 30.3 Å². The van der Waals surface area contributed by atoms with Crippen molar-refractivity contribution in [2.75, 3.05) is 0 Å². The molecule has 0 aliphatic heterocycles. The molecule has 0 amide bonds. The van der Waals surface area contributed by atoms with Gasteiger partial charge in [-0.3, -0.25) is 0 Å². The number of carbonyl (C=O) groups excluding carboxylic acids is 1. The van der Waals surface area contributed by atoms with Crippen LogP contribution in [0.1, 0.15) is 36.0 Å². The van der Waals surface area contributed by atoms with Crippen molar-refractivity contribution in [2.45, 2.75) is 36.6 Å². The van der Waals surface area contributed by atoms with Crippen molar-refractivity contribution in [2.24, 2.45) is 0 Å². The van der Waals surface area contributed by atoms with E-state index < -0.39 is 0 Å². The van der Waals surface area contributed by atoms with E-state index in [0.29, 0.717) is 10.4 Å². The molecule has 0 radical (unpaired) electrons. The minimum Gasteiger partial charge on any atom is -0.458 e. The molecule has 0 saturated heterocycles. The maximum Gasteiger partial charge on any atom is 0.338 e.